The lowest BCUT2D eigenvalue weighted by Crippen LogP contribution is -2.23. The summed E-state index contributed by atoms with van der Waals surface area (Å²) >= 11 is 0. The second-order valence-corrected chi connectivity index (χ2v) is 6.74. The molecule has 1 aliphatic heterocycles. The summed E-state index contributed by atoms with van der Waals surface area (Å²) in [4.78, 5) is 27.2. The summed E-state index contributed by atoms with van der Waals surface area (Å²) in [5.41, 5.74) is 1.81. The van der Waals surface area contributed by atoms with Crippen LogP contribution < -0.4 is 10.2 Å². The van der Waals surface area contributed by atoms with Gasteiger partial charge in [0.1, 0.15) is 5.82 Å². The van der Waals surface area contributed by atoms with Gasteiger partial charge in [0.15, 0.2) is 0 Å². The molecule has 28 heavy (non-hydrogen) atoms. The summed E-state index contributed by atoms with van der Waals surface area (Å²) in [6.45, 7) is 2.60. The van der Waals surface area contributed by atoms with E-state index in [9.17, 15) is 4.79 Å². The van der Waals surface area contributed by atoms with Crippen LogP contribution in [0.5, 0.6) is 0 Å². The summed E-state index contributed by atoms with van der Waals surface area (Å²) in [6.07, 6.45) is 8.31. The van der Waals surface area contributed by atoms with Crippen molar-refractivity contribution in [3.8, 4) is 11.4 Å². The van der Waals surface area contributed by atoms with Crippen molar-refractivity contribution in [3.63, 3.8) is 0 Å². The normalized spacial score (nSPS) is 13.6. The highest BCUT2D eigenvalue weighted by Crippen LogP contribution is 2.17. The first-order chi connectivity index (χ1) is 13.8. The number of aryl methyl sites for hydroxylation is 1. The number of rotatable bonds is 7. The Kier molecular flexibility index (Phi) is 5.56. The molecule has 1 aliphatic rings. The lowest BCUT2D eigenvalue weighted by Gasteiger charge is -2.16. The molecule has 0 spiro atoms. The number of nitrogens with zero attached hydrogens (tertiary/aromatic N) is 5. The van der Waals surface area contributed by atoms with E-state index in [1.165, 1.54) is 12.8 Å². The Balaban J connectivity index is 1.23. The molecule has 1 N–H and O–H groups in total. The second-order valence-electron chi connectivity index (χ2n) is 6.74. The maximum absolute atomic E-state index is 12.1. The van der Waals surface area contributed by atoms with Crippen molar-refractivity contribution >= 4 is 11.7 Å². The number of aromatic nitrogens is 4. The van der Waals surface area contributed by atoms with Crippen LogP contribution in [0.1, 0.15) is 30.7 Å². The molecule has 0 bridgehead atoms. The molecule has 144 valence electrons. The lowest BCUT2D eigenvalue weighted by atomic mass is 10.2. The third-order valence-corrected chi connectivity index (χ3v) is 4.70. The average molecular weight is 378 g/mol. The molecular formula is C20H22N6O2. The number of anilines is 1. The van der Waals surface area contributed by atoms with Crippen molar-refractivity contribution in [1.82, 2.24) is 25.4 Å². The Labute approximate surface area is 163 Å². The molecule has 0 atom stereocenters. The van der Waals surface area contributed by atoms with Gasteiger partial charge >= 0.3 is 0 Å². The highest BCUT2D eigenvalue weighted by Gasteiger charge is 2.13. The van der Waals surface area contributed by atoms with Crippen LogP contribution in [0.4, 0.5) is 5.82 Å². The van der Waals surface area contributed by atoms with Crippen LogP contribution in [0, 0.1) is 0 Å². The van der Waals surface area contributed by atoms with E-state index < -0.39 is 0 Å². The van der Waals surface area contributed by atoms with Gasteiger partial charge in [0.2, 0.25) is 17.6 Å². The van der Waals surface area contributed by atoms with Gasteiger partial charge in [0.05, 0.1) is 0 Å². The molecule has 1 saturated heterocycles. The SMILES string of the molecule is O=C(CCc1nc(-c2ccncc2)no1)NCc1ccc(N2CCCC2)nc1. The lowest BCUT2D eigenvalue weighted by molar-refractivity contribution is -0.121. The largest absolute Gasteiger partial charge is 0.357 e. The van der Waals surface area contributed by atoms with E-state index in [0.29, 0.717) is 24.7 Å². The first-order valence-electron chi connectivity index (χ1n) is 9.47. The Hall–Kier alpha value is -3.29. The summed E-state index contributed by atoms with van der Waals surface area (Å²) in [6, 6.07) is 7.65. The summed E-state index contributed by atoms with van der Waals surface area (Å²) < 4.78 is 5.22. The topological polar surface area (TPSA) is 97.0 Å². The Morgan fingerprint density at radius 3 is 2.71 bits per heavy atom. The van der Waals surface area contributed by atoms with Gasteiger partial charge in [-0.2, -0.15) is 4.98 Å². The van der Waals surface area contributed by atoms with Crippen LogP contribution in [-0.4, -0.2) is 39.1 Å². The van der Waals surface area contributed by atoms with Crippen molar-refractivity contribution in [2.45, 2.75) is 32.2 Å². The van der Waals surface area contributed by atoms with Crippen LogP contribution in [0.25, 0.3) is 11.4 Å². The van der Waals surface area contributed by atoms with E-state index in [1.54, 1.807) is 12.4 Å². The summed E-state index contributed by atoms with van der Waals surface area (Å²) in [5.74, 6) is 1.89. The zero-order valence-corrected chi connectivity index (χ0v) is 15.5. The summed E-state index contributed by atoms with van der Waals surface area (Å²) in [5, 5.41) is 6.85. The average Bonchev–Trinajstić information content (AvgIpc) is 3.44. The van der Waals surface area contributed by atoms with E-state index in [1.807, 2.05) is 30.5 Å². The molecule has 0 saturated carbocycles. The third-order valence-electron chi connectivity index (χ3n) is 4.70. The molecule has 3 aromatic rings. The number of nitrogens with one attached hydrogen (secondary N) is 1. The molecule has 8 nitrogen and oxygen atoms in total. The molecule has 4 rings (SSSR count). The monoisotopic (exact) mass is 378 g/mol. The van der Waals surface area contributed by atoms with Crippen LogP contribution in [0.15, 0.2) is 47.4 Å². The molecule has 1 amide bonds. The number of hydrogen-bond donors (Lipinski definition) is 1. The van der Waals surface area contributed by atoms with Crippen LogP contribution >= 0.6 is 0 Å². The molecule has 3 aromatic heterocycles. The maximum atomic E-state index is 12.1. The van der Waals surface area contributed by atoms with E-state index in [2.05, 4.69) is 30.3 Å². The number of hydrogen-bond acceptors (Lipinski definition) is 7. The number of amides is 1. The fraction of sp³-hybridized carbons (Fsp3) is 0.350. The maximum Gasteiger partial charge on any atom is 0.227 e. The molecule has 8 heteroatoms. The van der Waals surface area contributed by atoms with Crippen LogP contribution in [-0.2, 0) is 17.8 Å². The minimum Gasteiger partial charge on any atom is -0.357 e. The van der Waals surface area contributed by atoms with Gasteiger partial charge in [0, 0.05) is 56.6 Å². The molecule has 0 aliphatic carbocycles. The number of carbonyl (C=O) groups is 1. The minimum absolute atomic E-state index is 0.0627. The Morgan fingerprint density at radius 1 is 1.14 bits per heavy atom. The smallest absolute Gasteiger partial charge is 0.227 e. The quantitative estimate of drug-likeness (QED) is 0.674. The third kappa shape index (κ3) is 4.51. The fourth-order valence-corrected chi connectivity index (χ4v) is 3.14. The van der Waals surface area contributed by atoms with E-state index >= 15 is 0 Å². The summed E-state index contributed by atoms with van der Waals surface area (Å²) in [7, 11) is 0. The predicted molar refractivity (Wildman–Crippen MR) is 103 cm³/mol. The molecule has 0 aromatic carbocycles. The van der Waals surface area contributed by atoms with Gasteiger partial charge in [-0.1, -0.05) is 11.2 Å². The van der Waals surface area contributed by atoms with Crippen molar-refractivity contribution in [2.75, 3.05) is 18.0 Å². The van der Waals surface area contributed by atoms with Gasteiger partial charge in [-0.15, -0.1) is 0 Å². The number of pyridine rings is 2. The van der Waals surface area contributed by atoms with Gasteiger partial charge in [-0.25, -0.2) is 4.98 Å². The van der Waals surface area contributed by atoms with Crippen LogP contribution in [0.2, 0.25) is 0 Å². The van der Waals surface area contributed by atoms with Crippen LogP contribution in [0.3, 0.4) is 0 Å². The highest BCUT2D eigenvalue weighted by molar-refractivity contribution is 5.76. The predicted octanol–water partition coefficient (Wildman–Crippen LogP) is 2.38. The van der Waals surface area contributed by atoms with Crippen molar-refractivity contribution in [3.05, 3.63) is 54.3 Å². The van der Waals surface area contributed by atoms with Gasteiger partial charge in [-0.3, -0.25) is 9.78 Å². The molecule has 4 heterocycles. The molecule has 0 radical (unpaired) electrons. The van der Waals surface area contributed by atoms with E-state index in [-0.39, 0.29) is 12.3 Å². The van der Waals surface area contributed by atoms with E-state index in [0.717, 1.165) is 30.0 Å². The van der Waals surface area contributed by atoms with Crippen molar-refractivity contribution < 1.29 is 9.32 Å². The standard InChI is InChI=1S/C20H22N6O2/c27-18(5-6-19-24-20(25-28-19)16-7-9-21-10-8-16)23-14-15-3-4-17(22-13-15)26-11-1-2-12-26/h3-4,7-10,13H,1-2,5-6,11-12,14H2,(H,23,27). The fourth-order valence-electron chi connectivity index (χ4n) is 3.14. The first-order valence-corrected chi connectivity index (χ1v) is 9.47. The zero-order chi connectivity index (χ0) is 19.2. The van der Waals surface area contributed by atoms with Crippen molar-refractivity contribution in [1.29, 1.82) is 0 Å². The van der Waals surface area contributed by atoms with Gasteiger partial charge in [0.25, 0.3) is 0 Å². The van der Waals surface area contributed by atoms with E-state index in [4.69, 9.17) is 4.52 Å². The van der Waals surface area contributed by atoms with Gasteiger partial charge < -0.3 is 14.7 Å². The highest BCUT2D eigenvalue weighted by atomic mass is 16.5. The Bertz CT molecular complexity index is 904. The first kappa shape index (κ1) is 18.1. The van der Waals surface area contributed by atoms with Crippen molar-refractivity contribution in [2.24, 2.45) is 0 Å². The molecule has 0 unspecified atom stereocenters. The number of carbonyl (C=O) groups excluding carboxylic acids is 1. The molecule has 1 fully saturated rings. The molecular weight excluding hydrogens is 356 g/mol. The van der Waals surface area contributed by atoms with Gasteiger partial charge in [-0.05, 0) is 36.6 Å². The Morgan fingerprint density at radius 2 is 1.96 bits per heavy atom. The minimum atomic E-state index is -0.0627. The zero-order valence-electron chi connectivity index (χ0n) is 15.5. The second kappa shape index (κ2) is 8.60.